The van der Waals surface area contributed by atoms with E-state index in [1.165, 1.54) is 25.1 Å². The first kappa shape index (κ1) is 17.3. The van der Waals surface area contributed by atoms with E-state index in [0.717, 1.165) is 28.3 Å². The van der Waals surface area contributed by atoms with Gasteiger partial charge in [0, 0.05) is 29.4 Å². The minimum absolute atomic E-state index is 0.0477. The minimum Gasteiger partial charge on any atom is -0.369 e. The van der Waals surface area contributed by atoms with E-state index in [1.807, 2.05) is 47.9 Å². The molecule has 0 aromatic carbocycles. The summed E-state index contributed by atoms with van der Waals surface area (Å²) in [6, 6.07) is 10.5. The maximum atomic E-state index is 11.5. The number of nitrogens with two attached hydrogens (primary N) is 1. The van der Waals surface area contributed by atoms with E-state index in [0.29, 0.717) is 23.4 Å². The molecule has 0 saturated heterocycles. The van der Waals surface area contributed by atoms with Gasteiger partial charge in [0.25, 0.3) is 0 Å². The maximum Gasteiger partial charge on any atom is 0.225 e. The molecule has 8 heteroatoms. The zero-order chi connectivity index (χ0) is 20.4. The lowest BCUT2D eigenvalue weighted by Crippen LogP contribution is -2.15. The average molecular weight is 399 g/mol. The van der Waals surface area contributed by atoms with Gasteiger partial charge in [0.15, 0.2) is 5.65 Å². The van der Waals surface area contributed by atoms with E-state index in [9.17, 15) is 4.79 Å². The zero-order valence-corrected chi connectivity index (χ0v) is 16.6. The molecule has 0 spiro atoms. The van der Waals surface area contributed by atoms with Gasteiger partial charge in [0.05, 0.1) is 17.8 Å². The lowest BCUT2D eigenvalue weighted by atomic mass is 10.1. The van der Waals surface area contributed by atoms with Crippen molar-refractivity contribution < 1.29 is 4.79 Å². The van der Waals surface area contributed by atoms with E-state index in [4.69, 9.17) is 15.7 Å². The lowest BCUT2D eigenvalue weighted by Gasteiger charge is -2.17. The van der Waals surface area contributed by atoms with Crippen LogP contribution in [0.5, 0.6) is 0 Å². The summed E-state index contributed by atoms with van der Waals surface area (Å²) in [6.07, 6.45) is 5.59. The van der Waals surface area contributed by atoms with Crippen molar-refractivity contribution in [2.75, 3.05) is 0 Å². The minimum atomic E-state index is -0.429. The highest BCUT2D eigenvalue weighted by Gasteiger charge is 2.41. The van der Waals surface area contributed by atoms with Gasteiger partial charge in [-0.15, -0.1) is 10.2 Å². The highest BCUT2D eigenvalue weighted by molar-refractivity contribution is 5.79. The quantitative estimate of drug-likeness (QED) is 0.568. The van der Waals surface area contributed by atoms with Gasteiger partial charge in [-0.05, 0) is 50.5 Å². The van der Waals surface area contributed by atoms with Gasteiger partial charge in [-0.3, -0.25) is 14.2 Å². The predicted octanol–water partition coefficient (Wildman–Crippen LogP) is 2.81. The Morgan fingerprint density at radius 3 is 2.90 bits per heavy atom. The molecule has 1 aliphatic heterocycles. The average Bonchev–Trinajstić information content (AvgIpc) is 3.48. The molecule has 1 fully saturated rings. The fraction of sp³-hybridized carbons (Fsp3) is 0.318. The largest absolute Gasteiger partial charge is 0.369 e. The summed E-state index contributed by atoms with van der Waals surface area (Å²) in [6.45, 7) is 2.00. The summed E-state index contributed by atoms with van der Waals surface area (Å²) in [4.78, 5) is 21.3. The summed E-state index contributed by atoms with van der Waals surface area (Å²) in [5.41, 5.74) is 10.9. The van der Waals surface area contributed by atoms with E-state index >= 15 is 0 Å². The number of amides is 1. The molecule has 2 bridgehead atoms. The third-order valence-electron chi connectivity index (χ3n) is 6.28. The van der Waals surface area contributed by atoms with Gasteiger partial charge in [-0.25, -0.2) is 4.98 Å². The summed E-state index contributed by atoms with van der Waals surface area (Å²) < 4.78 is 4.26. The number of aryl methyl sites for hydroxylation is 1. The van der Waals surface area contributed by atoms with Gasteiger partial charge in [-0.1, -0.05) is 6.07 Å². The molecule has 2 N–H and O–H groups in total. The molecule has 2 unspecified atom stereocenters. The molecule has 2 atom stereocenters. The van der Waals surface area contributed by atoms with Gasteiger partial charge in [0.1, 0.15) is 17.3 Å². The van der Waals surface area contributed by atoms with Crippen LogP contribution >= 0.6 is 0 Å². The number of carbonyl (C=O) groups excluding carboxylic acids is 1. The number of hydrogen-bond donors (Lipinski definition) is 1. The van der Waals surface area contributed by atoms with Crippen molar-refractivity contribution >= 4 is 11.6 Å². The summed E-state index contributed by atoms with van der Waals surface area (Å²) in [7, 11) is 0. The van der Waals surface area contributed by atoms with Crippen molar-refractivity contribution in [1.29, 1.82) is 0 Å². The van der Waals surface area contributed by atoms with Crippen LogP contribution in [0, 0.1) is 6.92 Å². The number of nitrogens with zero attached hydrogens (tertiary/aromatic N) is 6. The summed E-state index contributed by atoms with van der Waals surface area (Å²) in [5.74, 6) is 1.80. The molecule has 30 heavy (non-hydrogen) atoms. The standard InChI is InChI=1S/C22H21N7O/c1-12-3-2-4-16(24-12)20-21(29-15-7-5-13(9-15)22(29)25-20)14-6-8-18-26-27-19(10-17(23)30)28(18)11-14/h2-4,6,8,11,13,15H,5,7,9-10H2,1H3,(H2,23,30). The SMILES string of the molecule is Cc1cccc(-c2nc3n(c2-c2ccc4nnc(CC(N)=O)n4c2)C2CCC3C2)n1. The molecule has 6 rings (SSSR count). The Hall–Kier alpha value is -3.55. The number of pyridine rings is 2. The van der Waals surface area contributed by atoms with E-state index in [2.05, 4.69) is 14.8 Å². The number of rotatable bonds is 4. The van der Waals surface area contributed by atoms with Crippen LogP contribution in [0.2, 0.25) is 0 Å². The molecular formula is C22H21N7O. The number of aromatic nitrogens is 6. The van der Waals surface area contributed by atoms with Crippen molar-refractivity contribution in [2.24, 2.45) is 5.73 Å². The van der Waals surface area contributed by atoms with E-state index < -0.39 is 5.91 Å². The van der Waals surface area contributed by atoms with Gasteiger partial charge in [0.2, 0.25) is 5.91 Å². The van der Waals surface area contributed by atoms with Crippen LogP contribution in [0.4, 0.5) is 0 Å². The molecule has 4 aromatic rings. The smallest absolute Gasteiger partial charge is 0.225 e. The number of fused-ring (bicyclic) bond motifs is 6. The highest BCUT2D eigenvalue weighted by Crippen LogP contribution is 2.52. The molecule has 5 heterocycles. The molecule has 8 nitrogen and oxygen atoms in total. The van der Waals surface area contributed by atoms with Crippen LogP contribution in [0.15, 0.2) is 36.5 Å². The number of imidazole rings is 1. The molecule has 1 aliphatic carbocycles. The summed E-state index contributed by atoms with van der Waals surface area (Å²) in [5, 5.41) is 8.31. The van der Waals surface area contributed by atoms with Gasteiger partial charge < -0.3 is 10.3 Å². The predicted molar refractivity (Wildman–Crippen MR) is 111 cm³/mol. The third kappa shape index (κ3) is 2.49. The maximum absolute atomic E-state index is 11.5. The second-order valence-corrected chi connectivity index (χ2v) is 8.27. The van der Waals surface area contributed by atoms with Crippen LogP contribution in [-0.2, 0) is 11.2 Å². The van der Waals surface area contributed by atoms with E-state index in [1.54, 1.807) is 0 Å². The van der Waals surface area contributed by atoms with Crippen LogP contribution in [0.25, 0.3) is 28.3 Å². The van der Waals surface area contributed by atoms with Crippen molar-refractivity contribution in [2.45, 2.75) is 44.6 Å². The van der Waals surface area contributed by atoms with E-state index in [-0.39, 0.29) is 6.42 Å². The number of carbonyl (C=O) groups is 1. The highest BCUT2D eigenvalue weighted by atomic mass is 16.1. The zero-order valence-electron chi connectivity index (χ0n) is 16.6. The van der Waals surface area contributed by atoms with Crippen LogP contribution in [-0.4, -0.2) is 35.0 Å². The van der Waals surface area contributed by atoms with Crippen LogP contribution < -0.4 is 5.73 Å². The third-order valence-corrected chi connectivity index (χ3v) is 6.28. The number of primary amides is 1. The van der Waals surface area contributed by atoms with Crippen LogP contribution in [0.3, 0.4) is 0 Å². The normalized spacial score (nSPS) is 19.5. The fourth-order valence-corrected chi connectivity index (χ4v) is 5.02. The lowest BCUT2D eigenvalue weighted by molar-refractivity contribution is -0.117. The Morgan fingerprint density at radius 2 is 2.07 bits per heavy atom. The molecule has 150 valence electrons. The molecule has 1 amide bonds. The van der Waals surface area contributed by atoms with Gasteiger partial charge >= 0.3 is 0 Å². The second-order valence-electron chi connectivity index (χ2n) is 8.27. The Balaban J connectivity index is 1.59. The topological polar surface area (TPSA) is 104 Å². The molecular weight excluding hydrogens is 378 g/mol. The first-order valence-corrected chi connectivity index (χ1v) is 10.3. The Labute approximate surface area is 172 Å². The fourth-order valence-electron chi connectivity index (χ4n) is 5.02. The van der Waals surface area contributed by atoms with Crippen molar-refractivity contribution in [3.8, 4) is 22.6 Å². The molecule has 1 saturated carbocycles. The Morgan fingerprint density at radius 1 is 1.17 bits per heavy atom. The number of hydrogen-bond acceptors (Lipinski definition) is 5. The van der Waals surface area contributed by atoms with Crippen LogP contribution in [0.1, 0.15) is 48.6 Å². The first-order valence-electron chi connectivity index (χ1n) is 10.3. The Bertz CT molecular complexity index is 1320. The van der Waals surface area contributed by atoms with Crippen molar-refractivity contribution in [3.63, 3.8) is 0 Å². The van der Waals surface area contributed by atoms with Crippen molar-refractivity contribution in [1.82, 2.24) is 29.1 Å². The first-order chi connectivity index (χ1) is 14.6. The molecule has 4 aromatic heterocycles. The molecule has 0 radical (unpaired) electrons. The monoisotopic (exact) mass is 399 g/mol. The summed E-state index contributed by atoms with van der Waals surface area (Å²) >= 11 is 0. The van der Waals surface area contributed by atoms with Gasteiger partial charge in [-0.2, -0.15) is 0 Å². The van der Waals surface area contributed by atoms with Crippen molar-refractivity contribution in [3.05, 3.63) is 53.9 Å². The second kappa shape index (κ2) is 6.22. The Kier molecular flexibility index (Phi) is 3.59. The molecule has 2 aliphatic rings.